The van der Waals surface area contributed by atoms with E-state index in [0.29, 0.717) is 0 Å². The molecule has 1 rings (SSSR count). The summed E-state index contributed by atoms with van der Waals surface area (Å²) < 4.78 is 0. The van der Waals surface area contributed by atoms with Crippen molar-refractivity contribution in [1.29, 1.82) is 0 Å². The molecule has 0 bridgehead atoms. The number of hydrogen-bond donors (Lipinski definition) is 1. The molecule has 0 heterocycles. The Bertz CT molecular complexity index is 380. The maximum Gasteiger partial charge on any atom is 0.159 e. The molecule has 1 N–H and O–H groups in total. The van der Waals surface area contributed by atoms with Crippen LogP contribution in [0.4, 0.5) is 0 Å². The number of hydrogen-bond acceptors (Lipinski definition) is 2. The van der Waals surface area contributed by atoms with Gasteiger partial charge in [0.25, 0.3) is 0 Å². The summed E-state index contributed by atoms with van der Waals surface area (Å²) in [6.07, 6.45) is 0. The number of ketones is 1. The molecule has 0 radical (unpaired) electrons. The largest absolute Gasteiger partial charge is 0.317 e. The number of rotatable bonds is 3. The van der Waals surface area contributed by atoms with Crippen LogP contribution >= 0.6 is 0 Å². The molecule has 0 aromatic heterocycles. The lowest BCUT2D eigenvalue weighted by Gasteiger charge is -1.93. The lowest BCUT2D eigenvalue weighted by molar-refractivity contribution is 0.101. The van der Waals surface area contributed by atoms with Gasteiger partial charge in [0.05, 0.1) is 0 Å². The Morgan fingerprint density at radius 3 is 2.00 bits per heavy atom. The van der Waals surface area contributed by atoms with Crippen LogP contribution in [0.3, 0.4) is 0 Å². The molecule has 0 fully saturated rings. The zero-order chi connectivity index (χ0) is 13.1. The second-order valence-electron chi connectivity index (χ2n) is 3.47. The molecule has 1 aromatic rings. The molecule has 0 spiro atoms. The van der Waals surface area contributed by atoms with Crippen LogP contribution in [0.5, 0.6) is 0 Å². The van der Waals surface area contributed by atoms with E-state index in [0.717, 1.165) is 24.2 Å². The number of Topliss-reactive ketones (excluding diaryl/α,β-unsaturated/α-hetero) is 1. The van der Waals surface area contributed by atoms with E-state index in [4.69, 9.17) is 0 Å². The highest BCUT2D eigenvalue weighted by atomic mass is 16.1. The topological polar surface area (TPSA) is 29.1 Å². The summed E-state index contributed by atoms with van der Waals surface area (Å²) in [6.45, 7) is 9.74. The molecule has 92 valence electrons. The minimum atomic E-state index is 0.0889. The van der Waals surface area contributed by atoms with Crippen molar-refractivity contribution in [2.75, 3.05) is 13.1 Å². The van der Waals surface area contributed by atoms with Crippen LogP contribution in [-0.2, 0) is 0 Å². The maximum atomic E-state index is 10.9. The number of nitrogens with one attached hydrogen (secondary N) is 1. The van der Waals surface area contributed by atoms with Gasteiger partial charge in [0.1, 0.15) is 0 Å². The van der Waals surface area contributed by atoms with Crippen LogP contribution in [0.1, 0.15) is 43.6 Å². The van der Waals surface area contributed by atoms with Gasteiger partial charge in [0.2, 0.25) is 0 Å². The van der Waals surface area contributed by atoms with E-state index in [2.05, 4.69) is 31.0 Å². The molecular weight excluding hydrogens is 210 g/mol. The van der Waals surface area contributed by atoms with E-state index in [9.17, 15) is 4.79 Å². The van der Waals surface area contributed by atoms with Gasteiger partial charge < -0.3 is 5.32 Å². The fourth-order valence-electron chi connectivity index (χ4n) is 1.18. The van der Waals surface area contributed by atoms with Crippen LogP contribution in [0.2, 0.25) is 0 Å². The van der Waals surface area contributed by atoms with E-state index in [1.807, 2.05) is 12.1 Å². The Labute approximate surface area is 104 Å². The predicted octanol–water partition coefficient (Wildman–Crippen LogP) is 2.88. The van der Waals surface area contributed by atoms with E-state index in [1.165, 1.54) is 0 Å². The van der Waals surface area contributed by atoms with Gasteiger partial charge in [-0.3, -0.25) is 4.79 Å². The predicted molar refractivity (Wildman–Crippen MR) is 73.2 cm³/mol. The Morgan fingerprint density at radius 1 is 1.18 bits per heavy atom. The van der Waals surface area contributed by atoms with E-state index >= 15 is 0 Å². The first kappa shape index (κ1) is 15.4. The van der Waals surface area contributed by atoms with Crippen molar-refractivity contribution in [2.24, 2.45) is 0 Å². The minimum Gasteiger partial charge on any atom is -0.317 e. The zero-order valence-electron chi connectivity index (χ0n) is 11.1. The lowest BCUT2D eigenvalue weighted by Crippen LogP contribution is -2.09. The fourth-order valence-corrected chi connectivity index (χ4v) is 1.18. The monoisotopic (exact) mass is 231 g/mol. The third-order valence-electron chi connectivity index (χ3n) is 2.06. The molecule has 2 nitrogen and oxygen atoms in total. The third kappa shape index (κ3) is 7.32. The van der Waals surface area contributed by atoms with Gasteiger partial charge in [-0.2, -0.15) is 0 Å². The first-order valence-corrected chi connectivity index (χ1v) is 5.90. The summed E-state index contributed by atoms with van der Waals surface area (Å²) >= 11 is 0. The Balaban J connectivity index is 0.000000437. The summed E-state index contributed by atoms with van der Waals surface area (Å²) in [5.41, 5.74) is 1.68. The second-order valence-corrected chi connectivity index (χ2v) is 3.47. The van der Waals surface area contributed by atoms with E-state index < -0.39 is 0 Å². The molecule has 0 saturated carbocycles. The molecule has 2 heteroatoms. The number of benzene rings is 1. The van der Waals surface area contributed by atoms with Gasteiger partial charge >= 0.3 is 0 Å². The van der Waals surface area contributed by atoms with Crippen LogP contribution in [0, 0.1) is 11.8 Å². The Kier molecular flexibility index (Phi) is 8.72. The smallest absolute Gasteiger partial charge is 0.159 e. The summed E-state index contributed by atoms with van der Waals surface area (Å²) in [5.74, 6) is 5.80. The van der Waals surface area contributed by atoms with Gasteiger partial charge in [0, 0.05) is 11.1 Å². The van der Waals surface area contributed by atoms with E-state index in [-0.39, 0.29) is 5.78 Å². The Hall–Kier alpha value is -1.59. The highest BCUT2D eigenvalue weighted by Crippen LogP contribution is 2.03. The normalized spacial score (nSPS) is 8.47. The summed E-state index contributed by atoms with van der Waals surface area (Å²) in [4.78, 5) is 10.9. The second kappa shape index (κ2) is 9.62. The van der Waals surface area contributed by atoms with Crippen molar-refractivity contribution in [2.45, 2.75) is 27.7 Å². The fraction of sp³-hybridized carbons (Fsp3) is 0.400. The summed E-state index contributed by atoms with van der Waals surface area (Å²) in [7, 11) is 0. The van der Waals surface area contributed by atoms with Crippen molar-refractivity contribution in [3.8, 4) is 11.8 Å². The van der Waals surface area contributed by atoms with Crippen molar-refractivity contribution in [3.63, 3.8) is 0 Å². The summed E-state index contributed by atoms with van der Waals surface area (Å²) in [6, 6.07) is 7.30. The first-order valence-electron chi connectivity index (χ1n) is 5.90. The average Bonchev–Trinajstić information content (AvgIpc) is 2.32. The first-order chi connectivity index (χ1) is 8.15. The van der Waals surface area contributed by atoms with E-state index in [1.54, 1.807) is 26.0 Å². The number of carbonyl (C=O) groups excluding carboxylic acids is 1. The maximum absolute atomic E-state index is 10.9. The third-order valence-corrected chi connectivity index (χ3v) is 2.06. The molecule has 0 aliphatic heterocycles. The highest BCUT2D eigenvalue weighted by Gasteiger charge is 1.96. The zero-order valence-corrected chi connectivity index (χ0v) is 11.1. The van der Waals surface area contributed by atoms with Crippen molar-refractivity contribution in [1.82, 2.24) is 5.32 Å². The number of carbonyl (C=O) groups is 1. The molecule has 0 unspecified atom stereocenters. The highest BCUT2D eigenvalue weighted by molar-refractivity contribution is 5.94. The summed E-state index contributed by atoms with van der Waals surface area (Å²) in [5, 5.41) is 3.11. The van der Waals surface area contributed by atoms with Crippen LogP contribution in [-0.4, -0.2) is 18.9 Å². The molecule has 0 amide bonds. The van der Waals surface area contributed by atoms with Crippen molar-refractivity contribution >= 4 is 5.78 Å². The standard InChI is InChI=1S/C11H10O.C4H11N/c1-3-4-10-5-7-11(8-6-10)9(2)12;1-3-5-4-2/h5-8H,1-2H3;5H,3-4H2,1-2H3. The van der Waals surface area contributed by atoms with Crippen molar-refractivity contribution in [3.05, 3.63) is 35.4 Å². The molecule has 17 heavy (non-hydrogen) atoms. The van der Waals surface area contributed by atoms with Gasteiger partial charge in [-0.05, 0) is 39.1 Å². The van der Waals surface area contributed by atoms with Gasteiger partial charge in [0.15, 0.2) is 5.78 Å². The molecule has 0 aliphatic carbocycles. The molecule has 0 atom stereocenters. The average molecular weight is 231 g/mol. The Morgan fingerprint density at radius 2 is 1.71 bits per heavy atom. The van der Waals surface area contributed by atoms with Gasteiger partial charge in [-0.1, -0.05) is 31.9 Å². The molecule has 0 saturated heterocycles. The molecular formula is C15H21NO. The molecule has 1 aromatic carbocycles. The van der Waals surface area contributed by atoms with Crippen LogP contribution in [0.15, 0.2) is 24.3 Å². The molecule has 0 aliphatic rings. The van der Waals surface area contributed by atoms with Crippen LogP contribution < -0.4 is 5.32 Å². The van der Waals surface area contributed by atoms with Crippen molar-refractivity contribution < 1.29 is 4.79 Å². The van der Waals surface area contributed by atoms with Crippen LogP contribution in [0.25, 0.3) is 0 Å². The van der Waals surface area contributed by atoms with Gasteiger partial charge in [-0.25, -0.2) is 0 Å². The quantitative estimate of drug-likeness (QED) is 0.640. The minimum absolute atomic E-state index is 0.0889. The SMILES string of the molecule is CC#Cc1ccc(C(C)=O)cc1.CCNCC. The van der Waals surface area contributed by atoms with Gasteiger partial charge in [-0.15, -0.1) is 5.92 Å². The lowest BCUT2D eigenvalue weighted by atomic mass is 10.1.